The Morgan fingerprint density at radius 1 is 1.54 bits per heavy atom. The summed E-state index contributed by atoms with van der Waals surface area (Å²) >= 11 is 0. The van der Waals surface area contributed by atoms with Crippen molar-refractivity contribution in [3.8, 4) is 11.6 Å². The van der Waals surface area contributed by atoms with Crippen molar-refractivity contribution in [3.63, 3.8) is 0 Å². The van der Waals surface area contributed by atoms with Crippen LogP contribution in [0, 0.1) is 12.7 Å². The fourth-order valence-corrected chi connectivity index (χ4v) is 1.20. The molecule has 0 aliphatic rings. The predicted octanol–water partition coefficient (Wildman–Crippen LogP) is 1.52. The molecule has 5 heteroatoms. The zero-order chi connectivity index (χ0) is 9.42. The highest BCUT2D eigenvalue weighted by molar-refractivity contribution is 5.49. The fourth-order valence-electron chi connectivity index (χ4n) is 1.20. The van der Waals surface area contributed by atoms with Gasteiger partial charge in [-0.2, -0.15) is 5.10 Å². The van der Waals surface area contributed by atoms with Crippen LogP contribution in [0.1, 0.15) is 5.69 Å². The minimum absolute atomic E-state index is 0.251. The first-order chi connectivity index (χ1) is 6.20. The highest BCUT2D eigenvalue weighted by Gasteiger charge is 2.17. The third-order valence-electron chi connectivity index (χ3n) is 1.78. The number of nitrogens with zero attached hydrogens (tertiary/aromatic N) is 3. The lowest BCUT2D eigenvalue weighted by molar-refractivity contribution is 0.552. The van der Waals surface area contributed by atoms with E-state index in [1.807, 2.05) is 0 Å². The number of rotatable bonds is 1. The standard InChI is InChI=1S/C8H8FN3O/c1-5-6(9)7(12(2)11-5)8-10-3-4-13-8/h3-4H,1-2H3. The molecule has 13 heavy (non-hydrogen) atoms. The largest absolute Gasteiger partial charge is 0.443 e. The maximum absolute atomic E-state index is 13.4. The summed E-state index contributed by atoms with van der Waals surface area (Å²) in [6.45, 7) is 1.60. The van der Waals surface area contributed by atoms with Crippen LogP contribution in [0.5, 0.6) is 0 Å². The maximum Gasteiger partial charge on any atom is 0.247 e. The van der Waals surface area contributed by atoms with Gasteiger partial charge in [0, 0.05) is 7.05 Å². The molecule has 2 aromatic rings. The van der Waals surface area contributed by atoms with Crippen LogP contribution >= 0.6 is 0 Å². The van der Waals surface area contributed by atoms with Gasteiger partial charge >= 0.3 is 0 Å². The highest BCUT2D eigenvalue weighted by Crippen LogP contribution is 2.21. The fraction of sp³-hybridized carbons (Fsp3) is 0.250. The van der Waals surface area contributed by atoms with E-state index in [4.69, 9.17) is 4.42 Å². The van der Waals surface area contributed by atoms with E-state index in [9.17, 15) is 4.39 Å². The zero-order valence-corrected chi connectivity index (χ0v) is 7.28. The molecule has 68 valence electrons. The van der Waals surface area contributed by atoms with Gasteiger partial charge in [-0.3, -0.25) is 4.68 Å². The number of hydrogen-bond acceptors (Lipinski definition) is 3. The van der Waals surface area contributed by atoms with E-state index in [-0.39, 0.29) is 17.4 Å². The van der Waals surface area contributed by atoms with Crippen LogP contribution in [0.2, 0.25) is 0 Å². The molecule has 0 bridgehead atoms. The summed E-state index contributed by atoms with van der Waals surface area (Å²) in [4.78, 5) is 3.85. The number of hydrogen-bond donors (Lipinski definition) is 0. The van der Waals surface area contributed by atoms with Crippen molar-refractivity contribution in [2.45, 2.75) is 6.92 Å². The van der Waals surface area contributed by atoms with Gasteiger partial charge in [0.25, 0.3) is 0 Å². The van der Waals surface area contributed by atoms with Gasteiger partial charge in [0.2, 0.25) is 5.89 Å². The Morgan fingerprint density at radius 3 is 2.77 bits per heavy atom. The number of oxazole rings is 1. The molecule has 0 aliphatic heterocycles. The maximum atomic E-state index is 13.4. The number of aryl methyl sites for hydroxylation is 2. The van der Waals surface area contributed by atoms with Crippen molar-refractivity contribution in [1.29, 1.82) is 0 Å². The van der Waals surface area contributed by atoms with Crippen molar-refractivity contribution >= 4 is 0 Å². The van der Waals surface area contributed by atoms with Crippen LogP contribution in [0.4, 0.5) is 4.39 Å². The molecular weight excluding hydrogens is 173 g/mol. The summed E-state index contributed by atoms with van der Waals surface area (Å²) in [5, 5.41) is 3.91. The molecule has 2 heterocycles. The van der Waals surface area contributed by atoms with Gasteiger partial charge < -0.3 is 4.42 Å². The molecule has 0 amide bonds. The van der Waals surface area contributed by atoms with Gasteiger partial charge in [0.1, 0.15) is 6.26 Å². The summed E-state index contributed by atoms with van der Waals surface area (Å²) in [5.41, 5.74) is 0.623. The second-order valence-corrected chi connectivity index (χ2v) is 2.71. The normalized spacial score (nSPS) is 10.7. The molecule has 0 saturated heterocycles. The second kappa shape index (κ2) is 2.69. The quantitative estimate of drug-likeness (QED) is 0.670. The van der Waals surface area contributed by atoms with Crippen LogP contribution in [0.15, 0.2) is 16.9 Å². The smallest absolute Gasteiger partial charge is 0.247 e. The molecule has 0 N–H and O–H groups in total. The highest BCUT2D eigenvalue weighted by atomic mass is 19.1. The average Bonchev–Trinajstić information content (AvgIpc) is 2.63. The molecule has 0 atom stereocenters. The molecule has 0 unspecified atom stereocenters. The SMILES string of the molecule is Cc1nn(C)c(-c2ncco2)c1F. The Hall–Kier alpha value is -1.65. The van der Waals surface area contributed by atoms with Crippen LogP contribution in [-0.2, 0) is 7.05 Å². The Kier molecular flexibility index (Phi) is 1.65. The van der Waals surface area contributed by atoms with Gasteiger partial charge in [-0.15, -0.1) is 0 Å². The number of halogens is 1. The first-order valence-corrected chi connectivity index (χ1v) is 3.79. The number of aromatic nitrogens is 3. The Morgan fingerprint density at radius 2 is 2.31 bits per heavy atom. The van der Waals surface area contributed by atoms with E-state index in [1.54, 1.807) is 14.0 Å². The monoisotopic (exact) mass is 181 g/mol. The van der Waals surface area contributed by atoms with Crippen LogP contribution in [-0.4, -0.2) is 14.8 Å². The van der Waals surface area contributed by atoms with E-state index in [2.05, 4.69) is 10.1 Å². The van der Waals surface area contributed by atoms with Crippen LogP contribution in [0.3, 0.4) is 0 Å². The summed E-state index contributed by atoms with van der Waals surface area (Å²) in [7, 11) is 1.65. The van der Waals surface area contributed by atoms with E-state index in [0.717, 1.165) is 0 Å². The van der Waals surface area contributed by atoms with Crippen molar-refractivity contribution in [2.24, 2.45) is 7.05 Å². The Bertz CT molecular complexity index is 419. The van der Waals surface area contributed by atoms with Gasteiger partial charge in [-0.25, -0.2) is 9.37 Å². The van der Waals surface area contributed by atoms with Gasteiger partial charge in [-0.1, -0.05) is 0 Å². The topological polar surface area (TPSA) is 43.9 Å². The third-order valence-corrected chi connectivity index (χ3v) is 1.78. The van der Waals surface area contributed by atoms with Crippen LogP contribution < -0.4 is 0 Å². The second-order valence-electron chi connectivity index (χ2n) is 2.71. The molecule has 0 aromatic carbocycles. The predicted molar refractivity (Wildman–Crippen MR) is 43.4 cm³/mol. The molecule has 4 nitrogen and oxygen atoms in total. The molecule has 0 radical (unpaired) electrons. The van der Waals surface area contributed by atoms with Crippen molar-refractivity contribution in [3.05, 3.63) is 24.0 Å². The van der Waals surface area contributed by atoms with Crippen molar-refractivity contribution in [1.82, 2.24) is 14.8 Å². The molecule has 0 spiro atoms. The summed E-state index contributed by atoms with van der Waals surface area (Å²) in [6, 6.07) is 0. The minimum Gasteiger partial charge on any atom is -0.443 e. The molecule has 2 aromatic heterocycles. The van der Waals surface area contributed by atoms with Crippen molar-refractivity contribution < 1.29 is 8.81 Å². The van der Waals surface area contributed by atoms with Crippen LogP contribution in [0.25, 0.3) is 11.6 Å². The Balaban J connectivity index is 2.64. The molecule has 2 rings (SSSR count). The van der Waals surface area contributed by atoms with Gasteiger partial charge in [-0.05, 0) is 6.92 Å². The molecule has 0 fully saturated rings. The van der Waals surface area contributed by atoms with Gasteiger partial charge in [0.05, 0.1) is 11.9 Å². The van der Waals surface area contributed by atoms with E-state index < -0.39 is 0 Å². The summed E-state index contributed by atoms with van der Waals surface area (Å²) in [5.74, 6) is -0.134. The lowest BCUT2D eigenvalue weighted by Gasteiger charge is -1.94. The summed E-state index contributed by atoms with van der Waals surface area (Å²) in [6.07, 6.45) is 2.87. The first kappa shape index (κ1) is 7.97. The lowest BCUT2D eigenvalue weighted by Crippen LogP contribution is -1.94. The van der Waals surface area contributed by atoms with E-state index in [1.165, 1.54) is 17.1 Å². The third kappa shape index (κ3) is 1.12. The molecule has 0 saturated carbocycles. The van der Waals surface area contributed by atoms with E-state index in [0.29, 0.717) is 5.69 Å². The zero-order valence-electron chi connectivity index (χ0n) is 7.28. The minimum atomic E-state index is -0.384. The Labute approximate surface area is 74.0 Å². The van der Waals surface area contributed by atoms with E-state index >= 15 is 0 Å². The molecule has 0 aliphatic carbocycles. The summed E-state index contributed by atoms with van der Waals surface area (Å²) < 4.78 is 19.8. The first-order valence-electron chi connectivity index (χ1n) is 3.79. The average molecular weight is 181 g/mol. The van der Waals surface area contributed by atoms with Gasteiger partial charge in [0.15, 0.2) is 11.5 Å². The van der Waals surface area contributed by atoms with Crippen molar-refractivity contribution in [2.75, 3.05) is 0 Å². The molecular formula is C8H8FN3O. The lowest BCUT2D eigenvalue weighted by atomic mass is 10.3.